The van der Waals surface area contributed by atoms with E-state index in [4.69, 9.17) is 5.73 Å². The molecule has 0 saturated carbocycles. The van der Waals surface area contributed by atoms with Gasteiger partial charge < -0.3 is 16.0 Å². The number of benzene rings is 1. The van der Waals surface area contributed by atoms with Crippen molar-refractivity contribution in [3.05, 3.63) is 18.2 Å². The Bertz CT molecular complexity index is 570. The van der Waals surface area contributed by atoms with Gasteiger partial charge in [-0.05, 0) is 45.3 Å². The van der Waals surface area contributed by atoms with Crippen molar-refractivity contribution < 1.29 is 8.42 Å². The van der Waals surface area contributed by atoms with Gasteiger partial charge in [0, 0.05) is 12.6 Å². The Morgan fingerprint density at radius 1 is 1.29 bits per heavy atom. The zero-order valence-corrected chi connectivity index (χ0v) is 14.2. The topological polar surface area (TPSA) is 87.5 Å². The van der Waals surface area contributed by atoms with Crippen molar-refractivity contribution in [3.8, 4) is 0 Å². The number of likely N-dealkylation sites (N-methyl/N-ethyl adjacent to an activating group) is 1. The molecule has 120 valence electrons. The molecule has 0 spiro atoms. The van der Waals surface area contributed by atoms with E-state index in [1.807, 2.05) is 14.1 Å². The smallest absolute Gasteiger partial charge is 0.240 e. The molecule has 1 unspecified atom stereocenters. The predicted molar refractivity (Wildman–Crippen MR) is 87.9 cm³/mol. The number of nitrogens with zero attached hydrogens (tertiary/aromatic N) is 1. The molecule has 0 bridgehead atoms. The van der Waals surface area contributed by atoms with E-state index in [-0.39, 0.29) is 10.9 Å². The van der Waals surface area contributed by atoms with Crippen LogP contribution >= 0.6 is 0 Å². The van der Waals surface area contributed by atoms with Crippen molar-refractivity contribution in [2.45, 2.75) is 24.8 Å². The first kappa shape index (κ1) is 17.7. The van der Waals surface area contributed by atoms with E-state index >= 15 is 0 Å². The Labute approximate surface area is 127 Å². The third kappa shape index (κ3) is 4.87. The van der Waals surface area contributed by atoms with Gasteiger partial charge in [0.2, 0.25) is 10.0 Å². The lowest BCUT2D eigenvalue weighted by Gasteiger charge is -2.27. The summed E-state index contributed by atoms with van der Waals surface area (Å²) >= 11 is 0. The normalized spacial score (nSPS) is 13.7. The number of nitrogens with one attached hydrogen (secondary N) is 2. The van der Waals surface area contributed by atoms with Crippen LogP contribution in [0.4, 0.5) is 11.4 Å². The van der Waals surface area contributed by atoms with Gasteiger partial charge in [-0.1, -0.05) is 13.8 Å². The van der Waals surface area contributed by atoms with E-state index in [1.165, 1.54) is 13.1 Å². The molecule has 0 amide bonds. The molecule has 6 nitrogen and oxygen atoms in total. The van der Waals surface area contributed by atoms with Crippen molar-refractivity contribution in [2.24, 2.45) is 5.92 Å². The van der Waals surface area contributed by atoms with Crippen molar-refractivity contribution in [1.82, 2.24) is 9.62 Å². The van der Waals surface area contributed by atoms with Crippen LogP contribution in [0.3, 0.4) is 0 Å². The minimum atomic E-state index is -3.47. The number of nitrogen functional groups attached to an aromatic ring is 1. The van der Waals surface area contributed by atoms with Gasteiger partial charge in [-0.15, -0.1) is 0 Å². The van der Waals surface area contributed by atoms with Gasteiger partial charge >= 0.3 is 0 Å². The number of rotatable bonds is 7. The standard InChI is InChI=1S/C14H26N4O2S/c1-10(2)14(9-18(4)5)17-13-7-6-11(8-12(13)15)21(19,20)16-3/h6-8,10,14,16-17H,9,15H2,1-5H3. The zero-order chi connectivity index (χ0) is 16.2. The van der Waals surface area contributed by atoms with Crippen LogP contribution in [0.15, 0.2) is 23.1 Å². The zero-order valence-electron chi connectivity index (χ0n) is 13.3. The van der Waals surface area contributed by atoms with E-state index in [9.17, 15) is 8.42 Å². The molecule has 1 rings (SSSR count). The summed E-state index contributed by atoms with van der Waals surface area (Å²) in [6.07, 6.45) is 0. The van der Waals surface area contributed by atoms with Crippen LogP contribution in [-0.4, -0.2) is 47.0 Å². The third-order valence-electron chi connectivity index (χ3n) is 3.31. The fraction of sp³-hybridized carbons (Fsp3) is 0.571. The molecule has 21 heavy (non-hydrogen) atoms. The van der Waals surface area contributed by atoms with Gasteiger partial charge in [0.1, 0.15) is 0 Å². The number of nitrogens with two attached hydrogens (primary N) is 1. The predicted octanol–water partition coefficient (Wildman–Crippen LogP) is 1.18. The molecule has 0 fully saturated rings. The van der Waals surface area contributed by atoms with Crippen LogP contribution in [-0.2, 0) is 10.0 Å². The van der Waals surface area contributed by atoms with Crippen molar-refractivity contribution in [2.75, 3.05) is 38.7 Å². The van der Waals surface area contributed by atoms with Gasteiger partial charge in [-0.25, -0.2) is 13.1 Å². The summed E-state index contributed by atoms with van der Waals surface area (Å²) in [5.41, 5.74) is 7.17. The molecule has 0 aliphatic rings. The minimum Gasteiger partial charge on any atom is -0.397 e. The van der Waals surface area contributed by atoms with Crippen molar-refractivity contribution in [1.29, 1.82) is 0 Å². The Morgan fingerprint density at radius 2 is 1.90 bits per heavy atom. The van der Waals surface area contributed by atoms with Crippen LogP contribution in [0.5, 0.6) is 0 Å². The highest BCUT2D eigenvalue weighted by atomic mass is 32.2. The van der Waals surface area contributed by atoms with Gasteiger partial charge in [-0.3, -0.25) is 0 Å². The van der Waals surface area contributed by atoms with Crippen molar-refractivity contribution in [3.63, 3.8) is 0 Å². The average molecular weight is 314 g/mol. The second kappa shape index (κ2) is 7.11. The van der Waals surface area contributed by atoms with E-state index in [1.54, 1.807) is 12.1 Å². The summed E-state index contributed by atoms with van der Waals surface area (Å²) in [6, 6.07) is 4.97. The molecule has 7 heteroatoms. The SMILES string of the molecule is CNS(=O)(=O)c1ccc(NC(CN(C)C)C(C)C)c(N)c1. The number of hydrogen-bond acceptors (Lipinski definition) is 5. The maximum absolute atomic E-state index is 11.7. The number of anilines is 2. The lowest BCUT2D eigenvalue weighted by Crippen LogP contribution is -2.36. The van der Waals surface area contributed by atoms with Crippen LogP contribution in [0.25, 0.3) is 0 Å². The molecule has 0 radical (unpaired) electrons. The highest BCUT2D eigenvalue weighted by Crippen LogP contribution is 2.24. The van der Waals surface area contributed by atoms with Crippen LogP contribution in [0, 0.1) is 5.92 Å². The quantitative estimate of drug-likeness (QED) is 0.658. The van der Waals surface area contributed by atoms with E-state index in [0.29, 0.717) is 11.6 Å². The Balaban J connectivity index is 2.99. The summed E-state index contributed by atoms with van der Waals surface area (Å²) in [7, 11) is 1.95. The largest absolute Gasteiger partial charge is 0.397 e. The van der Waals surface area contributed by atoms with Gasteiger partial charge in [0.15, 0.2) is 0 Å². The van der Waals surface area contributed by atoms with E-state index in [2.05, 4.69) is 28.8 Å². The molecule has 0 aliphatic carbocycles. The second-order valence-electron chi connectivity index (χ2n) is 5.71. The molecule has 1 aromatic carbocycles. The molecule has 1 aromatic rings. The molecular formula is C14H26N4O2S. The molecule has 0 saturated heterocycles. The second-order valence-corrected chi connectivity index (χ2v) is 7.60. The first-order valence-electron chi connectivity index (χ1n) is 6.91. The minimum absolute atomic E-state index is 0.168. The number of sulfonamides is 1. The van der Waals surface area contributed by atoms with Crippen LogP contribution in [0.2, 0.25) is 0 Å². The lowest BCUT2D eigenvalue weighted by atomic mass is 10.0. The summed E-state index contributed by atoms with van der Waals surface area (Å²) in [4.78, 5) is 2.27. The van der Waals surface area contributed by atoms with Crippen LogP contribution in [0.1, 0.15) is 13.8 Å². The maximum atomic E-state index is 11.7. The maximum Gasteiger partial charge on any atom is 0.240 e. The molecule has 0 aromatic heterocycles. The Morgan fingerprint density at radius 3 is 2.33 bits per heavy atom. The van der Waals surface area contributed by atoms with E-state index < -0.39 is 10.0 Å². The van der Waals surface area contributed by atoms with E-state index in [0.717, 1.165) is 12.2 Å². The van der Waals surface area contributed by atoms with Crippen LogP contribution < -0.4 is 15.8 Å². The Kier molecular flexibility index (Phi) is 6.00. The molecule has 1 atom stereocenters. The lowest BCUT2D eigenvalue weighted by molar-refractivity contribution is 0.344. The average Bonchev–Trinajstić information content (AvgIpc) is 2.39. The molecular weight excluding hydrogens is 288 g/mol. The first-order valence-corrected chi connectivity index (χ1v) is 8.40. The summed E-state index contributed by atoms with van der Waals surface area (Å²) in [5.74, 6) is 0.424. The summed E-state index contributed by atoms with van der Waals surface area (Å²) in [5, 5.41) is 3.39. The highest BCUT2D eigenvalue weighted by Gasteiger charge is 2.17. The van der Waals surface area contributed by atoms with Gasteiger partial charge in [0.05, 0.1) is 16.3 Å². The Hall–Kier alpha value is -1.31. The summed E-state index contributed by atoms with van der Waals surface area (Å²) in [6.45, 7) is 5.14. The van der Waals surface area contributed by atoms with Gasteiger partial charge in [0.25, 0.3) is 0 Å². The first-order chi connectivity index (χ1) is 9.67. The van der Waals surface area contributed by atoms with Crippen molar-refractivity contribution >= 4 is 21.4 Å². The fourth-order valence-electron chi connectivity index (χ4n) is 1.97. The molecule has 4 N–H and O–H groups in total. The third-order valence-corrected chi connectivity index (χ3v) is 4.72. The molecule has 0 heterocycles. The van der Waals surface area contributed by atoms with Gasteiger partial charge in [-0.2, -0.15) is 0 Å². The monoisotopic (exact) mass is 314 g/mol. The number of hydrogen-bond donors (Lipinski definition) is 3. The summed E-state index contributed by atoms with van der Waals surface area (Å²) < 4.78 is 25.8. The molecule has 0 aliphatic heterocycles. The fourth-order valence-corrected chi connectivity index (χ4v) is 2.74. The highest BCUT2D eigenvalue weighted by molar-refractivity contribution is 7.89.